The number of ketones is 1. The van der Waals surface area contributed by atoms with Crippen LogP contribution in [0.1, 0.15) is 41.4 Å². The van der Waals surface area contributed by atoms with E-state index >= 15 is 0 Å². The lowest BCUT2D eigenvalue weighted by molar-refractivity contribution is -0.129. The van der Waals surface area contributed by atoms with Crippen molar-refractivity contribution in [3.63, 3.8) is 0 Å². The summed E-state index contributed by atoms with van der Waals surface area (Å²) < 4.78 is 6.90. The molecule has 0 unspecified atom stereocenters. The van der Waals surface area contributed by atoms with E-state index in [0.717, 1.165) is 10.6 Å². The lowest BCUT2D eigenvalue weighted by Gasteiger charge is -2.15. The van der Waals surface area contributed by atoms with Crippen LogP contribution in [-0.4, -0.2) is 44.4 Å². The predicted molar refractivity (Wildman–Crippen MR) is 88.7 cm³/mol. The molecule has 3 rings (SSSR count). The number of imide groups is 1. The van der Waals surface area contributed by atoms with Crippen LogP contribution in [0.5, 0.6) is 0 Å². The Bertz CT molecular complexity index is 891. The van der Waals surface area contributed by atoms with Crippen molar-refractivity contribution < 1.29 is 18.9 Å². The largest absolute Gasteiger partial charge is 0.360 e. The number of amides is 3. The molecular formula is C17H20N4O4. The van der Waals surface area contributed by atoms with Gasteiger partial charge in [0.25, 0.3) is 5.91 Å². The summed E-state index contributed by atoms with van der Waals surface area (Å²) in [5.41, 5.74) is 0.948. The molecule has 1 saturated heterocycles. The molecule has 2 aromatic heterocycles. The number of hydrogen-bond donors (Lipinski definition) is 1. The average Bonchev–Trinajstić information content (AvgIpc) is 3.11. The molecule has 1 N–H and O–H groups in total. The second-order valence-electron chi connectivity index (χ2n) is 6.79. The third-order valence-electron chi connectivity index (χ3n) is 4.32. The molecule has 3 amide bonds. The number of carbonyl (C=O) groups is 3. The molecule has 3 heterocycles. The molecule has 25 heavy (non-hydrogen) atoms. The molecule has 0 spiro atoms. The Balaban J connectivity index is 1.89. The summed E-state index contributed by atoms with van der Waals surface area (Å²) in [6, 6.07) is 2.95. The van der Waals surface area contributed by atoms with Gasteiger partial charge in [-0.05, 0) is 40.7 Å². The van der Waals surface area contributed by atoms with Crippen molar-refractivity contribution >= 4 is 17.7 Å². The van der Waals surface area contributed by atoms with Gasteiger partial charge in [0.1, 0.15) is 11.3 Å². The van der Waals surface area contributed by atoms with E-state index in [2.05, 4.69) is 10.5 Å². The highest BCUT2D eigenvalue weighted by Crippen LogP contribution is 2.23. The van der Waals surface area contributed by atoms with Gasteiger partial charge < -0.3 is 9.84 Å². The number of hydrogen-bond acceptors (Lipinski definition) is 5. The second-order valence-corrected chi connectivity index (χ2v) is 6.79. The maximum atomic E-state index is 12.7. The molecule has 2 aromatic rings. The van der Waals surface area contributed by atoms with Crippen LogP contribution in [0.3, 0.4) is 0 Å². The van der Waals surface area contributed by atoms with Gasteiger partial charge in [0.2, 0.25) is 0 Å². The highest BCUT2D eigenvalue weighted by atomic mass is 16.5. The Morgan fingerprint density at radius 1 is 1.24 bits per heavy atom. The van der Waals surface area contributed by atoms with Crippen molar-refractivity contribution in [1.29, 1.82) is 0 Å². The highest BCUT2D eigenvalue weighted by molar-refractivity contribution is 6.11. The monoisotopic (exact) mass is 344 g/mol. The van der Waals surface area contributed by atoms with E-state index in [1.165, 1.54) is 0 Å². The number of aryl methyl sites for hydroxylation is 2. The van der Waals surface area contributed by atoms with Crippen LogP contribution in [0.2, 0.25) is 0 Å². The first-order chi connectivity index (χ1) is 11.6. The van der Waals surface area contributed by atoms with Crippen LogP contribution in [-0.2, 0) is 4.79 Å². The molecule has 8 nitrogen and oxygen atoms in total. The number of urea groups is 1. The maximum absolute atomic E-state index is 12.7. The molecule has 0 aromatic carbocycles. The SMILES string of the molecule is Cc1cc(-n2c(C)cc(C(=O)CN3C(=O)NC(C)(C)C3=O)c2C)no1. The smallest absolute Gasteiger partial charge is 0.325 e. The first-order valence-electron chi connectivity index (χ1n) is 7.92. The number of nitrogens with zero attached hydrogens (tertiary/aromatic N) is 3. The molecule has 1 aliphatic rings. The quantitative estimate of drug-likeness (QED) is 0.675. The molecule has 0 saturated carbocycles. The van der Waals surface area contributed by atoms with Crippen molar-refractivity contribution in [3.8, 4) is 5.82 Å². The van der Waals surface area contributed by atoms with E-state index < -0.39 is 17.5 Å². The van der Waals surface area contributed by atoms with Crippen LogP contribution in [0.15, 0.2) is 16.7 Å². The van der Waals surface area contributed by atoms with Gasteiger partial charge >= 0.3 is 6.03 Å². The van der Waals surface area contributed by atoms with Gasteiger partial charge in [-0.15, -0.1) is 0 Å². The van der Waals surface area contributed by atoms with E-state index in [0.29, 0.717) is 22.8 Å². The molecule has 0 atom stereocenters. The Morgan fingerprint density at radius 2 is 1.92 bits per heavy atom. The van der Waals surface area contributed by atoms with Gasteiger partial charge in [-0.3, -0.25) is 19.1 Å². The number of rotatable bonds is 4. The van der Waals surface area contributed by atoms with E-state index in [1.807, 2.05) is 6.92 Å². The fraction of sp³-hybridized carbons (Fsp3) is 0.412. The normalized spacial score (nSPS) is 16.4. The summed E-state index contributed by atoms with van der Waals surface area (Å²) in [5, 5.41) is 6.54. The Hall–Kier alpha value is -2.90. The third kappa shape index (κ3) is 2.73. The molecule has 1 aliphatic heterocycles. The van der Waals surface area contributed by atoms with Gasteiger partial charge in [0.05, 0.1) is 6.54 Å². The van der Waals surface area contributed by atoms with Crippen LogP contribution in [0, 0.1) is 20.8 Å². The summed E-state index contributed by atoms with van der Waals surface area (Å²) in [7, 11) is 0. The van der Waals surface area contributed by atoms with Crippen LogP contribution in [0.25, 0.3) is 5.82 Å². The minimum atomic E-state index is -0.994. The minimum absolute atomic E-state index is 0.295. The summed E-state index contributed by atoms with van der Waals surface area (Å²) in [6.07, 6.45) is 0. The fourth-order valence-electron chi connectivity index (χ4n) is 3.05. The number of nitrogens with one attached hydrogen (secondary N) is 1. The third-order valence-corrected chi connectivity index (χ3v) is 4.32. The van der Waals surface area contributed by atoms with Gasteiger partial charge in [0.15, 0.2) is 11.6 Å². The summed E-state index contributed by atoms with van der Waals surface area (Å²) in [6.45, 7) is 8.35. The molecule has 8 heteroatoms. The molecular weight excluding hydrogens is 324 g/mol. The van der Waals surface area contributed by atoms with E-state index in [1.54, 1.807) is 44.4 Å². The maximum Gasteiger partial charge on any atom is 0.325 e. The van der Waals surface area contributed by atoms with Gasteiger partial charge in [-0.2, -0.15) is 0 Å². The Morgan fingerprint density at radius 3 is 2.44 bits per heavy atom. The number of aromatic nitrogens is 2. The Labute approximate surface area is 144 Å². The molecule has 0 aliphatic carbocycles. The number of carbonyl (C=O) groups excluding carboxylic acids is 3. The van der Waals surface area contributed by atoms with E-state index in [4.69, 9.17) is 4.52 Å². The minimum Gasteiger partial charge on any atom is -0.360 e. The van der Waals surface area contributed by atoms with Crippen molar-refractivity contribution in [3.05, 3.63) is 34.8 Å². The van der Waals surface area contributed by atoms with Gasteiger partial charge in [0, 0.05) is 23.0 Å². The predicted octanol–water partition coefficient (Wildman–Crippen LogP) is 1.90. The van der Waals surface area contributed by atoms with Crippen molar-refractivity contribution in [2.24, 2.45) is 0 Å². The lowest BCUT2D eigenvalue weighted by Crippen LogP contribution is -2.41. The molecule has 132 valence electrons. The molecule has 0 bridgehead atoms. The summed E-state index contributed by atoms with van der Waals surface area (Å²) in [4.78, 5) is 37.9. The summed E-state index contributed by atoms with van der Waals surface area (Å²) >= 11 is 0. The lowest BCUT2D eigenvalue weighted by atomic mass is 10.1. The summed E-state index contributed by atoms with van der Waals surface area (Å²) in [5.74, 6) is 0.534. The first-order valence-corrected chi connectivity index (χ1v) is 7.92. The van der Waals surface area contributed by atoms with Crippen LogP contribution in [0.4, 0.5) is 4.79 Å². The van der Waals surface area contributed by atoms with Crippen molar-refractivity contribution in [2.75, 3.05) is 6.54 Å². The fourth-order valence-corrected chi connectivity index (χ4v) is 3.05. The van der Waals surface area contributed by atoms with Crippen LogP contribution < -0.4 is 5.32 Å². The zero-order valence-electron chi connectivity index (χ0n) is 14.8. The van der Waals surface area contributed by atoms with Crippen molar-refractivity contribution in [2.45, 2.75) is 40.2 Å². The second kappa shape index (κ2) is 5.58. The van der Waals surface area contributed by atoms with E-state index in [-0.39, 0.29) is 12.3 Å². The topological polar surface area (TPSA) is 97.4 Å². The Kier molecular flexibility index (Phi) is 3.78. The van der Waals surface area contributed by atoms with Crippen LogP contribution >= 0.6 is 0 Å². The average molecular weight is 344 g/mol. The van der Waals surface area contributed by atoms with E-state index in [9.17, 15) is 14.4 Å². The molecule has 0 radical (unpaired) electrons. The zero-order valence-corrected chi connectivity index (χ0v) is 14.8. The standard InChI is InChI=1S/C17H20N4O4/c1-9-6-12(11(3)21(9)14-7-10(2)25-19-14)13(22)8-20-15(23)17(4,5)18-16(20)24/h6-7H,8H2,1-5H3,(H,18,24). The molecule has 1 fully saturated rings. The first kappa shape index (κ1) is 16.9. The van der Waals surface area contributed by atoms with Gasteiger partial charge in [-0.25, -0.2) is 4.79 Å². The zero-order chi connectivity index (χ0) is 18.5. The number of Topliss-reactive ketones (excluding diaryl/α,β-unsaturated/α-hetero) is 1. The highest BCUT2D eigenvalue weighted by Gasteiger charge is 2.45. The van der Waals surface area contributed by atoms with Gasteiger partial charge in [-0.1, -0.05) is 5.16 Å². The van der Waals surface area contributed by atoms with Crippen molar-refractivity contribution in [1.82, 2.24) is 19.9 Å².